The quantitative estimate of drug-likeness (QED) is 0.807. The molecule has 1 rings (SSSR count). The van der Waals surface area contributed by atoms with Crippen LogP contribution in [0.4, 0.5) is 8.78 Å². The van der Waals surface area contributed by atoms with E-state index in [2.05, 4.69) is 4.74 Å². The van der Waals surface area contributed by atoms with Gasteiger partial charge in [-0.3, -0.25) is 0 Å². The van der Waals surface area contributed by atoms with E-state index in [1.54, 1.807) is 0 Å². The lowest BCUT2D eigenvalue weighted by atomic mass is 10.3. The molecule has 0 saturated carbocycles. The van der Waals surface area contributed by atoms with Crippen molar-refractivity contribution < 1.29 is 18.3 Å². The number of alkyl halides is 2. The van der Waals surface area contributed by atoms with Crippen LogP contribution in [0.15, 0.2) is 12.1 Å². The van der Waals surface area contributed by atoms with E-state index in [1.807, 2.05) is 0 Å². The topological polar surface area (TPSA) is 18.5 Å². The Morgan fingerprint density at radius 2 is 1.71 bits per heavy atom. The Morgan fingerprint density at radius 1 is 1.21 bits per heavy atom. The van der Waals surface area contributed by atoms with Crippen molar-refractivity contribution in [3.8, 4) is 11.5 Å². The zero-order chi connectivity index (χ0) is 10.7. The number of rotatable bonds is 3. The summed E-state index contributed by atoms with van der Waals surface area (Å²) in [7, 11) is 1.38. The minimum Gasteiger partial charge on any atom is -0.494 e. The van der Waals surface area contributed by atoms with Crippen molar-refractivity contribution in [2.75, 3.05) is 7.11 Å². The monoisotopic (exact) mass is 242 g/mol. The molecule has 14 heavy (non-hydrogen) atoms. The summed E-state index contributed by atoms with van der Waals surface area (Å²) in [6.07, 6.45) is 0. The highest BCUT2D eigenvalue weighted by atomic mass is 35.5. The van der Waals surface area contributed by atoms with Gasteiger partial charge < -0.3 is 9.47 Å². The molecular weight excluding hydrogens is 237 g/mol. The van der Waals surface area contributed by atoms with Crippen LogP contribution in [0.3, 0.4) is 0 Å². The molecule has 0 atom stereocenters. The van der Waals surface area contributed by atoms with Crippen molar-refractivity contribution >= 4 is 23.2 Å². The number of hydrogen-bond donors (Lipinski definition) is 0. The summed E-state index contributed by atoms with van der Waals surface area (Å²) in [4.78, 5) is 0. The van der Waals surface area contributed by atoms with Gasteiger partial charge in [0.25, 0.3) is 0 Å². The fourth-order valence-electron chi connectivity index (χ4n) is 0.903. The fourth-order valence-corrected chi connectivity index (χ4v) is 1.52. The van der Waals surface area contributed by atoms with Gasteiger partial charge in [0, 0.05) is 12.1 Å². The maximum Gasteiger partial charge on any atom is 0.387 e. The van der Waals surface area contributed by atoms with Crippen LogP contribution >= 0.6 is 23.2 Å². The van der Waals surface area contributed by atoms with E-state index in [0.29, 0.717) is 0 Å². The summed E-state index contributed by atoms with van der Waals surface area (Å²) in [5, 5.41) is 0.242. The Labute approximate surface area is 89.3 Å². The molecule has 0 unspecified atom stereocenters. The van der Waals surface area contributed by atoms with Gasteiger partial charge in [-0.1, -0.05) is 23.2 Å². The zero-order valence-corrected chi connectivity index (χ0v) is 8.57. The molecule has 2 nitrogen and oxygen atoms in total. The molecular formula is C8H6Cl2F2O2. The maximum absolute atomic E-state index is 11.8. The van der Waals surface area contributed by atoms with Crippen LogP contribution in [-0.4, -0.2) is 13.7 Å². The molecule has 0 aromatic heterocycles. The molecule has 0 fully saturated rings. The average molecular weight is 243 g/mol. The minimum atomic E-state index is -2.91. The van der Waals surface area contributed by atoms with Crippen LogP contribution in [0.1, 0.15) is 0 Å². The summed E-state index contributed by atoms with van der Waals surface area (Å²) >= 11 is 11.4. The predicted octanol–water partition coefficient (Wildman–Crippen LogP) is 3.60. The van der Waals surface area contributed by atoms with E-state index in [1.165, 1.54) is 19.2 Å². The minimum absolute atomic E-state index is 0.101. The summed E-state index contributed by atoms with van der Waals surface area (Å²) in [6.45, 7) is -2.91. The Hall–Kier alpha value is -0.740. The van der Waals surface area contributed by atoms with Crippen LogP contribution in [0.5, 0.6) is 11.5 Å². The predicted molar refractivity (Wildman–Crippen MR) is 49.6 cm³/mol. The Balaban J connectivity index is 3.01. The third-order valence-corrected chi connectivity index (χ3v) is 1.96. The highest BCUT2D eigenvalue weighted by Crippen LogP contribution is 2.36. The molecule has 0 aliphatic heterocycles. The molecule has 1 aromatic carbocycles. The van der Waals surface area contributed by atoms with Gasteiger partial charge >= 0.3 is 6.61 Å². The van der Waals surface area contributed by atoms with Crippen molar-refractivity contribution in [2.24, 2.45) is 0 Å². The Bertz CT molecular complexity index is 308. The summed E-state index contributed by atoms with van der Waals surface area (Å²) in [5.41, 5.74) is 0. The van der Waals surface area contributed by atoms with E-state index in [4.69, 9.17) is 27.9 Å². The molecule has 0 saturated heterocycles. The van der Waals surface area contributed by atoms with Gasteiger partial charge in [-0.25, -0.2) is 0 Å². The van der Waals surface area contributed by atoms with Crippen molar-refractivity contribution in [2.45, 2.75) is 6.61 Å². The third-order valence-electron chi connectivity index (χ3n) is 1.40. The van der Waals surface area contributed by atoms with Crippen LogP contribution in [0, 0.1) is 0 Å². The maximum atomic E-state index is 11.8. The average Bonchev–Trinajstić information content (AvgIpc) is 2.01. The molecule has 0 radical (unpaired) electrons. The second-order valence-corrected chi connectivity index (χ2v) is 3.11. The van der Waals surface area contributed by atoms with Gasteiger partial charge in [0.2, 0.25) is 0 Å². The number of ether oxygens (including phenoxy) is 2. The second-order valence-electron chi connectivity index (χ2n) is 2.30. The molecule has 0 bridgehead atoms. The van der Waals surface area contributed by atoms with Crippen molar-refractivity contribution in [1.29, 1.82) is 0 Å². The van der Waals surface area contributed by atoms with Gasteiger partial charge in [-0.15, -0.1) is 0 Å². The molecule has 0 aliphatic rings. The van der Waals surface area contributed by atoms with E-state index >= 15 is 0 Å². The van der Waals surface area contributed by atoms with Gasteiger partial charge in [0.15, 0.2) is 5.75 Å². The zero-order valence-electron chi connectivity index (χ0n) is 7.06. The molecule has 0 heterocycles. The van der Waals surface area contributed by atoms with E-state index in [0.717, 1.165) is 0 Å². The van der Waals surface area contributed by atoms with E-state index in [9.17, 15) is 8.78 Å². The smallest absolute Gasteiger partial charge is 0.387 e. The van der Waals surface area contributed by atoms with Crippen LogP contribution in [0.2, 0.25) is 10.0 Å². The molecule has 6 heteroatoms. The standard InChI is InChI=1S/C8H6Cl2F2O2/c1-13-7-5(9)2-4(3-6(7)10)14-8(11)12/h2-3,8H,1H3. The van der Waals surface area contributed by atoms with Crippen LogP contribution in [0.25, 0.3) is 0 Å². The first-order valence-corrected chi connectivity index (χ1v) is 4.28. The molecule has 1 aromatic rings. The second kappa shape index (κ2) is 4.66. The van der Waals surface area contributed by atoms with Gasteiger partial charge in [-0.05, 0) is 0 Å². The summed E-state index contributed by atoms with van der Waals surface area (Å²) < 4.78 is 32.6. The van der Waals surface area contributed by atoms with Gasteiger partial charge in [0.1, 0.15) is 5.75 Å². The molecule has 0 N–H and O–H groups in total. The summed E-state index contributed by atoms with van der Waals surface area (Å²) in [5.74, 6) is 0.130. The SMILES string of the molecule is COc1c(Cl)cc(OC(F)F)cc1Cl. The first-order valence-electron chi connectivity index (χ1n) is 3.52. The van der Waals surface area contributed by atoms with E-state index < -0.39 is 6.61 Å². The van der Waals surface area contributed by atoms with Crippen LogP contribution in [-0.2, 0) is 0 Å². The molecule has 0 amide bonds. The third kappa shape index (κ3) is 2.62. The van der Waals surface area contributed by atoms with Gasteiger partial charge in [-0.2, -0.15) is 8.78 Å². The Morgan fingerprint density at radius 3 is 2.07 bits per heavy atom. The highest BCUT2D eigenvalue weighted by Gasteiger charge is 2.11. The first kappa shape index (κ1) is 11.3. The fraction of sp³-hybridized carbons (Fsp3) is 0.250. The van der Waals surface area contributed by atoms with Crippen molar-refractivity contribution in [1.82, 2.24) is 0 Å². The normalized spacial score (nSPS) is 10.4. The summed E-state index contributed by atoms with van der Waals surface area (Å²) in [6, 6.07) is 2.41. The van der Waals surface area contributed by atoms with Crippen molar-refractivity contribution in [3.63, 3.8) is 0 Å². The molecule has 0 aliphatic carbocycles. The Kier molecular flexibility index (Phi) is 3.77. The molecule has 78 valence electrons. The van der Waals surface area contributed by atoms with Gasteiger partial charge in [0.05, 0.1) is 17.2 Å². The lowest BCUT2D eigenvalue weighted by molar-refractivity contribution is -0.0498. The number of benzene rings is 1. The first-order chi connectivity index (χ1) is 6.54. The highest BCUT2D eigenvalue weighted by molar-refractivity contribution is 6.37. The lowest BCUT2D eigenvalue weighted by Gasteiger charge is -2.09. The lowest BCUT2D eigenvalue weighted by Crippen LogP contribution is -2.02. The van der Waals surface area contributed by atoms with Crippen molar-refractivity contribution in [3.05, 3.63) is 22.2 Å². The largest absolute Gasteiger partial charge is 0.494 e. The molecule has 0 spiro atoms. The number of hydrogen-bond acceptors (Lipinski definition) is 2. The van der Waals surface area contributed by atoms with Crippen LogP contribution < -0.4 is 9.47 Å². The number of methoxy groups -OCH3 is 1. The van der Waals surface area contributed by atoms with E-state index in [-0.39, 0.29) is 21.5 Å². The number of halogens is 4.